The van der Waals surface area contributed by atoms with Crippen LogP contribution in [0.2, 0.25) is 0 Å². The van der Waals surface area contributed by atoms with Crippen LogP contribution in [0.4, 0.5) is 5.69 Å². The highest BCUT2D eigenvalue weighted by atomic mass is 79.9. The molecule has 0 aliphatic carbocycles. The van der Waals surface area contributed by atoms with E-state index in [4.69, 9.17) is 10.8 Å². The lowest BCUT2D eigenvalue weighted by Crippen LogP contribution is -2.00. The van der Waals surface area contributed by atoms with Gasteiger partial charge in [-0.1, -0.05) is 19.1 Å². The Hall–Kier alpha value is -0.190. The van der Waals surface area contributed by atoms with Crippen LogP contribution in [0.3, 0.4) is 0 Å². The lowest BCUT2D eigenvalue weighted by Gasteiger charge is -2.11. The van der Waals surface area contributed by atoms with Gasteiger partial charge in [0.05, 0.1) is 0 Å². The lowest BCUT2D eigenvalue weighted by molar-refractivity contribution is 0.289. The summed E-state index contributed by atoms with van der Waals surface area (Å²) >= 11 is 5.31. The van der Waals surface area contributed by atoms with Gasteiger partial charge in [0.15, 0.2) is 0 Å². The number of hydrogen-bond donors (Lipinski definition) is 2. The van der Waals surface area contributed by atoms with Crippen molar-refractivity contribution in [2.75, 3.05) is 12.3 Å². The first-order valence-corrected chi connectivity index (χ1v) is 6.74. The zero-order valence-electron chi connectivity index (χ0n) is 8.74. The molecule has 15 heavy (non-hydrogen) atoms. The van der Waals surface area contributed by atoms with Gasteiger partial charge < -0.3 is 10.8 Å². The third-order valence-electron chi connectivity index (χ3n) is 2.17. The van der Waals surface area contributed by atoms with E-state index in [0.29, 0.717) is 5.25 Å². The van der Waals surface area contributed by atoms with E-state index in [1.54, 1.807) is 0 Å². The van der Waals surface area contributed by atoms with E-state index in [1.807, 2.05) is 23.9 Å². The molecular weight excluding hydrogens is 274 g/mol. The fourth-order valence-electron chi connectivity index (χ4n) is 1.21. The number of benzene rings is 1. The van der Waals surface area contributed by atoms with E-state index in [1.165, 1.54) is 5.56 Å². The van der Waals surface area contributed by atoms with Gasteiger partial charge in [-0.3, -0.25) is 0 Å². The van der Waals surface area contributed by atoms with Gasteiger partial charge in [-0.15, -0.1) is 0 Å². The van der Waals surface area contributed by atoms with Crippen LogP contribution in [-0.4, -0.2) is 17.0 Å². The number of anilines is 1. The van der Waals surface area contributed by atoms with E-state index < -0.39 is 0 Å². The van der Waals surface area contributed by atoms with Crippen molar-refractivity contribution in [3.05, 3.63) is 28.2 Å². The molecule has 0 saturated heterocycles. The lowest BCUT2D eigenvalue weighted by atomic mass is 10.2. The highest BCUT2D eigenvalue weighted by molar-refractivity contribution is 9.10. The van der Waals surface area contributed by atoms with Gasteiger partial charge in [0.25, 0.3) is 0 Å². The molecule has 3 N–H and O–H groups in total. The van der Waals surface area contributed by atoms with Crippen LogP contribution in [0.5, 0.6) is 0 Å². The summed E-state index contributed by atoms with van der Waals surface area (Å²) in [4.78, 5) is 0. The summed E-state index contributed by atoms with van der Waals surface area (Å²) in [6, 6.07) is 5.92. The minimum atomic E-state index is 0.256. The molecule has 0 saturated carbocycles. The van der Waals surface area contributed by atoms with Gasteiger partial charge in [0.2, 0.25) is 0 Å². The quantitative estimate of drug-likeness (QED) is 0.819. The van der Waals surface area contributed by atoms with Crippen molar-refractivity contribution in [1.82, 2.24) is 0 Å². The number of nitrogen functional groups attached to an aromatic ring is 1. The second-order valence-corrected chi connectivity index (χ2v) is 5.67. The highest BCUT2D eigenvalue weighted by Crippen LogP contribution is 2.28. The van der Waals surface area contributed by atoms with Crippen molar-refractivity contribution >= 4 is 33.4 Å². The summed E-state index contributed by atoms with van der Waals surface area (Å²) in [5.74, 6) is 0.923. The van der Waals surface area contributed by atoms with Crippen molar-refractivity contribution in [2.24, 2.45) is 0 Å². The van der Waals surface area contributed by atoms with E-state index in [-0.39, 0.29) is 6.61 Å². The largest absolute Gasteiger partial charge is 0.398 e. The van der Waals surface area contributed by atoms with Crippen LogP contribution in [0.15, 0.2) is 22.7 Å². The number of thioether (sulfide) groups is 1. The summed E-state index contributed by atoms with van der Waals surface area (Å²) in [6.45, 7) is 2.38. The van der Waals surface area contributed by atoms with E-state index in [2.05, 4.69) is 28.9 Å². The molecule has 1 atom stereocenters. The molecule has 0 spiro atoms. The van der Waals surface area contributed by atoms with Gasteiger partial charge in [0.1, 0.15) is 0 Å². The molecule has 0 heterocycles. The molecule has 2 nitrogen and oxygen atoms in total. The summed E-state index contributed by atoms with van der Waals surface area (Å²) in [6.07, 6.45) is 0.838. The van der Waals surface area contributed by atoms with Crippen molar-refractivity contribution < 1.29 is 5.11 Å². The Morgan fingerprint density at radius 2 is 2.27 bits per heavy atom. The Morgan fingerprint density at radius 1 is 1.53 bits per heavy atom. The van der Waals surface area contributed by atoms with Crippen LogP contribution in [-0.2, 0) is 5.75 Å². The van der Waals surface area contributed by atoms with Crippen molar-refractivity contribution in [1.29, 1.82) is 0 Å². The predicted molar refractivity (Wildman–Crippen MR) is 71.0 cm³/mol. The Morgan fingerprint density at radius 3 is 2.93 bits per heavy atom. The van der Waals surface area contributed by atoms with Crippen molar-refractivity contribution in [2.45, 2.75) is 24.3 Å². The molecular formula is C11H16BrNOS. The maximum atomic E-state index is 8.79. The molecule has 0 amide bonds. The normalized spacial score (nSPS) is 12.7. The minimum absolute atomic E-state index is 0.256. The molecule has 1 unspecified atom stereocenters. The number of rotatable bonds is 5. The zero-order valence-corrected chi connectivity index (χ0v) is 11.1. The Bertz CT molecular complexity index is 319. The first-order chi connectivity index (χ1) is 7.15. The van der Waals surface area contributed by atoms with Crippen molar-refractivity contribution in [3.63, 3.8) is 0 Å². The van der Waals surface area contributed by atoms with Gasteiger partial charge in [0, 0.05) is 27.8 Å². The number of aliphatic hydroxyl groups is 1. The standard InChI is InChI=1S/C11H16BrNOS/c1-8(5-6-14)15-7-9-3-2-4-10(13)11(9)12/h2-4,8,14H,5-7,13H2,1H3. The maximum absolute atomic E-state index is 8.79. The number of hydrogen-bond acceptors (Lipinski definition) is 3. The molecule has 0 radical (unpaired) electrons. The maximum Gasteiger partial charge on any atom is 0.0461 e. The third-order valence-corrected chi connectivity index (χ3v) is 4.42. The van der Waals surface area contributed by atoms with Crippen molar-refractivity contribution in [3.8, 4) is 0 Å². The molecule has 1 aromatic rings. The molecule has 4 heteroatoms. The highest BCUT2D eigenvalue weighted by Gasteiger charge is 2.06. The average molecular weight is 290 g/mol. The Labute approximate surface area is 103 Å². The fourth-order valence-corrected chi connectivity index (χ4v) is 2.78. The average Bonchev–Trinajstić information content (AvgIpc) is 2.21. The van der Waals surface area contributed by atoms with Crippen LogP contribution < -0.4 is 5.73 Å². The molecule has 1 aromatic carbocycles. The second kappa shape index (κ2) is 6.40. The smallest absolute Gasteiger partial charge is 0.0461 e. The van der Waals surface area contributed by atoms with E-state index in [9.17, 15) is 0 Å². The SMILES string of the molecule is CC(CCO)SCc1cccc(N)c1Br. The van der Waals surface area contributed by atoms with Gasteiger partial charge in [-0.05, 0) is 34.0 Å². The van der Waals surface area contributed by atoms with Crippen LogP contribution >= 0.6 is 27.7 Å². The van der Waals surface area contributed by atoms with E-state index >= 15 is 0 Å². The molecule has 0 bridgehead atoms. The summed E-state index contributed by atoms with van der Waals surface area (Å²) < 4.78 is 0.994. The fraction of sp³-hybridized carbons (Fsp3) is 0.455. The number of aliphatic hydroxyl groups excluding tert-OH is 1. The Kier molecular flexibility index (Phi) is 5.50. The van der Waals surface area contributed by atoms with Crippen LogP contribution in [0.1, 0.15) is 18.9 Å². The summed E-state index contributed by atoms with van der Waals surface area (Å²) in [5.41, 5.74) is 7.78. The molecule has 1 rings (SSSR count). The molecule has 0 aliphatic heterocycles. The number of halogens is 1. The van der Waals surface area contributed by atoms with Gasteiger partial charge >= 0.3 is 0 Å². The summed E-state index contributed by atoms with van der Waals surface area (Å²) in [7, 11) is 0. The number of nitrogens with two attached hydrogens (primary N) is 1. The topological polar surface area (TPSA) is 46.2 Å². The third kappa shape index (κ3) is 4.05. The van der Waals surface area contributed by atoms with Crippen LogP contribution in [0.25, 0.3) is 0 Å². The molecule has 0 fully saturated rings. The molecule has 0 aliphatic rings. The Balaban J connectivity index is 2.54. The predicted octanol–water partition coefficient (Wildman–Crippen LogP) is 3.04. The minimum Gasteiger partial charge on any atom is -0.398 e. The first kappa shape index (κ1) is 12.9. The summed E-state index contributed by atoms with van der Waals surface area (Å²) in [5, 5.41) is 9.27. The van der Waals surface area contributed by atoms with Crippen LogP contribution in [0, 0.1) is 0 Å². The first-order valence-electron chi connectivity index (χ1n) is 4.90. The zero-order chi connectivity index (χ0) is 11.3. The van der Waals surface area contributed by atoms with Gasteiger partial charge in [-0.2, -0.15) is 11.8 Å². The second-order valence-electron chi connectivity index (χ2n) is 3.45. The van der Waals surface area contributed by atoms with Gasteiger partial charge in [-0.25, -0.2) is 0 Å². The molecule has 0 aromatic heterocycles. The van der Waals surface area contributed by atoms with E-state index in [0.717, 1.165) is 22.3 Å². The monoisotopic (exact) mass is 289 g/mol. The molecule has 84 valence electrons.